The van der Waals surface area contributed by atoms with Crippen molar-refractivity contribution in [2.24, 2.45) is 11.8 Å². The fourth-order valence-corrected chi connectivity index (χ4v) is 2.55. The molecule has 0 rings (SSSR count). The fourth-order valence-electron chi connectivity index (χ4n) is 1.25. The van der Waals surface area contributed by atoms with E-state index < -0.39 is 6.87 Å². The Morgan fingerprint density at radius 2 is 1.58 bits per heavy atom. The van der Waals surface area contributed by atoms with Crippen LogP contribution in [-0.4, -0.2) is 10.9 Å². The molecule has 3 nitrogen and oxygen atoms in total. The van der Waals surface area contributed by atoms with E-state index in [1.165, 1.54) is 0 Å². The molecular weight excluding hydrogens is 197 g/mol. The summed E-state index contributed by atoms with van der Waals surface area (Å²) in [6, 6.07) is -0.0154. The highest BCUT2D eigenvalue weighted by Crippen LogP contribution is 2.43. The molecule has 0 aromatic rings. The van der Waals surface area contributed by atoms with Crippen LogP contribution in [0.15, 0.2) is 0 Å². The Morgan fingerprint density at radius 1 is 1.25 bits per heavy atom. The Balaban J connectivity index is 4.25. The first kappa shape index (κ1) is 12.4. The highest BCUT2D eigenvalue weighted by molar-refractivity contribution is 7.82. The average Bonchev–Trinajstić information content (AvgIpc) is 1.79. The molecule has 1 unspecified atom stereocenters. The van der Waals surface area contributed by atoms with Crippen LogP contribution in [0.25, 0.3) is 0 Å². The number of hydrogen-bond acceptors (Lipinski definition) is 1. The summed E-state index contributed by atoms with van der Waals surface area (Å²) in [7, 11) is 0. The second-order valence-corrected chi connectivity index (χ2v) is 6.28. The SMILES string of the molecule is CC(C)C(NP(=O)(O)Cl)C(C)C. The van der Waals surface area contributed by atoms with Crippen molar-refractivity contribution in [2.75, 3.05) is 0 Å². The molecule has 0 aliphatic carbocycles. The quantitative estimate of drug-likeness (QED) is 0.706. The van der Waals surface area contributed by atoms with E-state index in [-0.39, 0.29) is 6.04 Å². The van der Waals surface area contributed by atoms with Crippen LogP contribution in [0.3, 0.4) is 0 Å². The van der Waals surface area contributed by atoms with Gasteiger partial charge in [-0.2, -0.15) is 0 Å². The Kier molecular flexibility index (Phi) is 4.78. The Labute approximate surface area is 78.8 Å². The molecule has 0 saturated carbocycles. The average molecular weight is 214 g/mol. The predicted octanol–water partition coefficient (Wildman–Crippen LogP) is 2.60. The maximum absolute atomic E-state index is 10.8. The Hall–Kier alpha value is 0.440. The molecule has 0 bridgehead atoms. The molecule has 12 heavy (non-hydrogen) atoms. The molecule has 0 saturated heterocycles. The molecule has 0 aliphatic rings. The van der Waals surface area contributed by atoms with Crippen LogP contribution in [0.5, 0.6) is 0 Å². The molecule has 0 aromatic heterocycles. The molecule has 0 amide bonds. The summed E-state index contributed by atoms with van der Waals surface area (Å²) in [5.74, 6) is 0.591. The van der Waals surface area contributed by atoms with Gasteiger partial charge in [-0.25, -0.2) is 5.09 Å². The van der Waals surface area contributed by atoms with Crippen molar-refractivity contribution < 1.29 is 9.46 Å². The molecule has 0 aromatic carbocycles. The van der Waals surface area contributed by atoms with Crippen molar-refractivity contribution >= 4 is 18.1 Å². The van der Waals surface area contributed by atoms with E-state index in [1.807, 2.05) is 27.7 Å². The third-order valence-electron chi connectivity index (χ3n) is 1.74. The van der Waals surface area contributed by atoms with E-state index in [0.29, 0.717) is 11.8 Å². The molecule has 5 heteroatoms. The third-order valence-corrected chi connectivity index (χ3v) is 2.65. The smallest absolute Gasteiger partial charge is 0.322 e. The van der Waals surface area contributed by atoms with Crippen LogP contribution in [0, 0.1) is 11.8 Å². The number of halogens is 1. The predicted molar refractivity (Wildman–Crippen MR) is 52.3 cm³/mol. The van der Waals surface area contributed by atoms with Crippen LogP contribution in [0.4, 0.5) is 0 Å². The van der Waals surface area contributed by atoms with Gasteiger partial charge >= 0.3 is 6.87 Å². The Bertz CT molecular complexity index is 170. The van der Waals surface area contributed by atoms with E-state index in [2.05, 4.69) is 5.09 Å². The lowest BCUT2D eigenvalue weighted by atomic mass is 9.94. The molecule has 0 radical (unpaired) electrons. The lowest BCUT2D eigenvalue weighted by Crippen LogP contribution is -2.35. The number of nitrogens with one attached hydrogen (secondary N) is 1. The summed E-state index contributed by atoms with van der Waals surface area (Å²) < 4.78 is 10.8. The second kappa shape index (κ2) is 4.61. The lowest BCUT2D eigenvalue weighted by Gasteiger charge is -2.26. The van der Waals surface area contributed by atoms with Gasteiger partial charge in [0.15, 0.2) is 0 Å². The zero-order valence-electron chi connectivity index (χ0n) is 7.91. The summed E-state index contributed by atoms with van der Waals surface area (Å²) in [6.45, 7) is 4.35. The topological polar surface area (TPSA) is 49.3 Å². The maximum atomic E-state index is 10.8. The van der Waals surface area contributed by atoms with Gasteiger partial charge < -0.3 is 4.89 Å². The zero-order chi connectivity index (χ0) is 9.94. The first-order valence-electron chi connectivity index (χ1n) is 4.04. The van der Waals surface area contributed by atoms with E-state index in [0.717, 1.165) is 0 Å². The highest BCUT2D eigenvalue weighted by Gasteiger charge is 2.24. The van der Waals surface area contributed by atoms with Crippen LogP contribution in [-0.2, 0) is 4.57 Å². The largest absolute Gasteiger partial charge is 0.358 e. The van der Waals surface area contributed by atoms with E-state index in [4.69, 9.17) is 16.1 Å². The van der Waals surface area contributed by atoms with Crippen LogP contribution < -0.4 is 5.09 Å². The van der Waals surface area contributed by atoms with Gasteiger partial charge in [0.05, 0.1) is 0 Å². The molecule has 0 fully saturated rings. The van der Waals surface area contributed by atoms with E-state index in [9.17, 15) is 4.57 Å². The zero-order valence-corrected chi connectivity index (χ0v) is 9.56. The number of hydrogen-bond donors (Lipinski definition) is 2. The lowest BCUT2D eigenvalue weighted by molar-refractivity contribution is 0.343. The highest BCUT2D eigenvalue weighted by atomic mass is 35.7. The third kappa shape index (κ3) is 5.15. The summed E-state index contributed by atoms with van der Waals surface area (Å²) in [4.78, 5) is 8.90. The minimum Gasteiger partial charge on any atom is -0.322 e. The van der Waals surface area contributed by atoms with Crippen molar-refractivity contribution in [1.82, 2.24) is 5.09 Å². The van der Waals surface area contributed by atoms with Crippen molar-refractivity contribution in [2.45, 2.75) is 33.7 Å². The molecule has 0 heterocycles. The molecular formula is C7H17ClNO2P. The molecule has 74 valence electrons. The summed E-state index contributed by atoms with van der Waals surface area (Å²) in [5.41, 5.74) is 0. The maximum Gasteiger partial charge on any atom is 0.358 e. The van der Waals surface area contributed by atoms with Gasteiger partial charge in [0.2, 0.25) is 0 Å². The molecule has 0 spiro atoms. The van der Waals surface area contributed by atoms with Gasteiger partial charge in [-0.05, 0) is 23.1 Å². The van der Waals surface area contributed by atoms with Crippen molar-refractivity contribution in [3.63, 3.8) is 0 Å². The minimum atomic E-state index is -3.61. The monoisotopic (exact) mass is 213 g/mol. The van der Waals surface area contributed by atoms with Gasteiger partial charge in [0.25, 0.3) is 0 Å². The normalized spacial score (nSPS) is 17.4. The Morgan fingerprint density at radius 3 is 1.67 bits per heavy atom. The summed E-state index contributed by atoms with van der Waals surface area (Å²) in [6.07, 6.45) is 0. The first-order valence-corrected chi connectivity index (χ1v) is 6.60. The van der Waals surface area contributed by atoms with Crippen LogP contribution >= 0.6 is 18.1 Å². The standard InChI is InChI=1S/C7H17ClNO2P/c1-5(2)7(6(3)4)9-12(8,10)11/h5-7H,1-4H3,(H2,9,10,11). The van der Waals surface area contributed by atoms with Gasteiger partial charge in [-0.15, -0.1) is 0 Å². The van der Waals surface area contributed by atoms with Crippen LogP contribution in [0.1, 0.15) is 27.7 Å². The molecule has 2 N–H and O–H groups in total. The number of rotatable bonds is 4. The molecule has 1 atom stereocenters. The molecule has 0 aliphatic heterocycles. The van der Waals surface area contributed by atoms with Gasteiger partial charge in [-0.3, -0.25) is 4.57 Å². The second-order valence-electron chi connectivity index (χ2n) is 3.64. The van der Waals surface area contributed by atoms with Gasteiger partial charge in [0.1, 0.15) is 0 Å². The van der Waals surface area contributed by atoms with Crippen molar-refractivity contribution in [3.05, 3.63) is 0 Å². The van der Waals surface area contributed by atoms with Gasteiger partial charge in [0, 0.05) is 6.04 Å². The fraction of sp³-hybridized carbons (Fsp3) is 1.00. The van der Waals surface area contributed by atoms with E-state index >= 15 is 0 Å². The van der Waals surface area contributed by atoms with Crippen LogP contribution in [0.2, 0.25) is 0 Å². The van der Waals surface area contributed by atoms with E-state index in [1.54, 1.807) is 0 Å². The summed E-state index contributed by atoms with van der Waals surface area (Å²) in [5, 5.41) is 2.53. The van der Waals surface area contributed by atoms with Gasteiger partial charge in [-0.1, -0.05) is 27.7 Å². The van der Waals surface area contributed by atoms with Crippen molar-refractivity contribution in [1.29, 1.82) is 0 Å². The summed E-state index contributed by atoms with van der Waals surface area (Å²) >= 11 is 5.22. The first-order chi connectivity index (χ1) is 5.24. The minimum absolute atomic E-state index is 0.0154. The van der Waals surface area contributed by atoms with Crippen molar-refractivity contribution in [3.8, 4) is 0 Å².